The number of hydrogen-bond donors (Lipinski definition) is 0. The number of benzene rings is 8. The second-order valence-electron chi connectivity index (χ2n) is 14.8. The van der Waals surface area contributed by atoms with Crippen molar-refractivity contribution in [1.82, 2.24) is 9.97 Å². The van der Waals surface area contributed by atoms with Crippen LogP contribution >= 0.6 is 0 Å². The summed E-state index contributed by atoms with van der Waals surface area (Å²) >= 11 is 0. The Labute approximate surface area is 324 Å². The molecule has 0 radical (unpaired) electrons. The molecule has 8 aromatic carbocycles. The molecule has 56 heavy (non-hydrogen) atoms. The van der Waals surface area contributed by atoms with Crippen LogP contribution in [0.25, 0.3) is 89.2 Å². The standard InChI is InChI=1S/C53H32N2O/c1-3-15-33(16-4-1)47-32-48(34-17-5-2-6-18-34)55-52(54-47)36-20-13-19-35(31-36)37-24-14-25-40-41-29-30-46-49(51(41)56-50(37)40)42-23-9-12-28-45(42)53(46)43-26-10-7-21-38(43)39-22-8-11-27-44(39)53/h1-32H. The molecule has 0 saturated carbocycles. The lowest BCUT2D eigenvalue weighted by Crippen LogP contribution is -2.25. The Kier molecular flexibility index (Phi) is 6.55. The summed E-state index contributed by atoms with van der Waals surface area (Å²) in [4.78, 5) is 10.2. The van der Waals surface area contributed by atoms with Crippen LogP contribution in [-0.4, -0.2) is 9.97 Å². The molecular formula is C53H32N2O. The van der Waals surface area contributed by atoms with Crippen LogP contribution in [0.15, 0.2) is 199 Å². The number of rotatable bonds is 4. The molecule has 3 heteroatoms. The van der Waals surface area contributed by atoms with Crippen molar-refractivity contribution in [1.29, 1.82) is 0 Å². The zero-order chi connectivity index (χ0) is 36.8. The maximum Gasteiger partial charge on any atom is 0.160 e. The van der Waals surface area contributed by atoms with Gasteiger partial charge in [-0.2, -0.15) is 0 Å². The van der Waals surface area contributed by atoms with Crippen LogP contribution in [-0.2, 0) is 5.41 Å². The number of fused-ring (bicyclic) bond motifs is 14. The molecule has 2 aliphatic rings. The molecule has 3 nitrogen and oxygen atoms in total. The van der Waals surface area contributed by atoms with E-state index in [1.54, 1.807) is 0 Å². The summed E-state index contributed by atoms with van der Waals surface area (Å²) in [5, 5.41) is 2.22. The van der Waals surface area contributed by atoms with E-state index in [2.05, 4.69) is 158 Å². The molecule has 0 saturated heterocycles. The molecule has 0 bridgehead atoms. The minimum atomic E-state index is -0.420. The maximum atomic E-state index is 7.18. The number of aromatic nitrogens is 2. The molecule has 2 aromatic heterocycles. The molecular weight excluding hydrogens is 681 g/mol. The highest BCUT2D eigenvalue weighted by atomic mass is 16.3. The number of nitrogens with zero attached hydrogens (tertiary/aromatic N) is 2. The van der Waals surface area contributed by atoms with Gasteiger partial charge in [-0.25, -0.2) is 9.97 Å². The minimum Gasteiger partial charge on any atom is -0.455 e. The molecule has 0 amide bonds. The molecule has 0 aliphatic heterocycles. The average Bonchev–Trinajstić information content (AvgIpc) is 3.91. The van der Waals surface area contributed by atoms with Gasteiger partial charge < -0.3 is 4.42 Å². The van der Waals surface area contributed by atoms with E-state index in [1.165, 1.54) is 44.5 Å². The molecule has 0 atom stereocenters. The van der Waals surface area contributed by atoms with Crippen molar-refractivity contribution in [2.75, 3.05) is 0 Å². The van der Waals surface area contributed by atoms with Crippen molar-refractivity contribution >= 4 is 21.9 Å². The van der Waals surface area contributed by atoms with Gasteiger partial charge in [0.2, 0.25) is 0 Å². The maximum absolute atomic E-state index is 7.18. The van der Waals surface area contributed by atoms with Crippen LogP contribution in [0, 0.1) is 0 Å². The second kappa shape index (κ2) is 11.8. The summed E-state index contributed by atoms with van der Waals surface area (Å²) < 4.78 is 7.18. The highest BCUT2D eigenvalue weighted by Crippen LogP contribution is 2.64. The lowest BCUT2D eigenvalue weighted by Gasteiger charge is -2.30. The van der Waals surface area contributed by atoms with Crippen molar-refractivity contribution < 1.29 is 4.42 Å². The summed E-state index contributed by atoms with van der Waals surface area (Å²) in [6, 6.07) is 69.2. The first-order chi connectivity index (χ1) is 27.8. The van der Waals surface area contributed by atoms with Crippen molar-refractivity contribution in [2.45, 2.75) is 5.41 Å². The van der Waals surface area contributed by atoms with Crippen LogP contribution in [0.3, 0.4) is 0 Å². The number of furan rings is 1. The molecule has 1 spiro atoms. The molecule has 0 N–H and O–H groups in total. The predicted molar refractivity (Wildman–Crippen MR) is 227 cm³/mol. The van der Waals surface area contributed by atoms with Crippen molar-refractivity contribution in [3.8, 4) is 67.3 Å². The van der Waals surface area contributed by atoms with E-state index in [0.29, 0.717) is 5.82 Å². The third kappa shape index (κ3) is 4.28. The molecule has 12 rings (SSSR count). The molecule has 260 valence electrons. The predicted octanol–water partition coefficient (Wildman–Crippen LogP) is 13.4. The molecule has 10 aromatic rings. The van der Waals surface area contributed by atoms with Crippen molar-refractivity contribution in [2.24, 2.45) is 0 Å². The van der Waals surface area contributed by atoms with Gasteiger partial charge in [0.25, 0.3) is 0 Å². The van der Waals surface area contributed by atoms with E-state index in [4.69, 9.17) is 14.4 Å². The zero-order valence-corrected chi connectivity index (χ0v) is 30.3. The number of para-hydroxylation sites is 1. The summed E-state index contributed by atoms with van der Waals surface area (Å²) in [6.07, 6.45) is 0. The van der Waals surface area contributed by atoms with E-state index < -0.39 is 5.41 Å². The van der Waals surface area contributed by atoms with E-state index >= 15 is 0 Å². The topological polar surface area (TPSA) is 38.9 Å². The molecule has 2 aliphatic carbocycles. The van der Waals surface area contributed by atoms with Crippen LogP contribution in [0.4, 0.5) is 0 Å². The highest BCUT2D eigenvalue weighted by Gasteiger charge is 2.52. The largest absolute Gasteiger partial charge is 0.455 e. The number of hydrogen-bond acceptors (Lipinski definition) is 3. The Morgan fingerprint density at radius 3 is 1.50 bits per heavy atom. The average molecular weight is 713 g/mol. The van der Waals surface area contributed by atoms with Crippen molar-refractivity contribution in [3.63, 3.8) is 0 Å². The summed E-state index contributed by atoms with van der Waals surface area (Å²) in [5.74, 6) is 0.681. The fourth-order valence-corrected chi connectivity index (χ4v) is 9.57. The van der Waals surface area contributed by atoms with Gasteiger partial charge in [0.05, 0.1) is 16.8 Å². The van der Waals surface area contributed by atoms with E-state index in [1.807, 2.05) is 36.4 Å². The highest BCUT2D eigenvalue weighted by molar-refractivity contribution is 6.15. The summed E-state index contributed by atoms with van der Waals surface area (Å²) in [6.45, 7) is 0. The Balaban J connectivity index is 1.06. The quantitative estimate of drug-likeness (QED) is 0.182. The van der Waals surface area contributed by atoms with E-state index in [9.17, 15) is 0 Å². The lowest BCUT2D eigenvalue weighted by atomic mass is 9.70. The van der Waals surface area contributed by atoms with Crippen LogP contribution < -0.4 is 0 Å². The van der Waals surface area contributed by atoms with Gasteiger partial charge in [-0.15, -0.1) is 0 Å². The van der Waals surface area contributed by atoms with Gasteiger partial charge in [-0.3, -0.25) is 0 Å². The molecule has 0 unspecified atom stereocenters. The Morgan fingerprint density at radius 1 is 0.339 bits per heavy atom. The minimum absolute atomic E-state index is 0.420. The monoisotopic (exact) mass is 712 g/mol. The van der Waals surface area contributed by atoms with Gasteiger partial charge >= 0.3 is 0 Å². The first kappa shape index (κ1) is 31.0. The molecule has 2 heterocycles. The summed E-state index contributed by atoms with van der Waals surface area (Å²) in [5.41, 5.74) is 18.5. The first-order valence-electron chi connectivity index (χ1n) is 19.2. The van der Waals surface area contributed by atoms with E-state index in [-0.39, 0.29) is 0 Å². The fraction of sp³-hybridized carbons (Fsp3) is 0.0189. The van der Waals surface area contributed by atoms with Crippen molar-refractivity contribution in [3.05, 3.63) is 216 Å². The van der Waals surface area contributed by atoms with Gasteiger partial charge in [0, 0.05) is 38.6 Å². The van der Waals surface area contributed by atoms with Gasteiger partial charge in [0.1, 0.15) is 11.2 Å². The summed E-state index contributed by atoms with van der Waals surface area (Å²) in [7, 11) is 0. The van der Waals surface area contributed by atoms with Crippen LogP contribution in [0.2, 0.25) is 0 Å². The zero-order valence-electron chi connectivity index (χ0n) is 30.3. The Bertz CT molecular complexity index is 3090. The second-order valence-corrected chi connectivity index (χ2v) is 14.8. The van der Waals surface area contributed by atoms with E-state index in [0.717, 1.165) is 61.1 Å². The van der Waals surface area contributed by atoms with Gasteiger partial charge in [-0.05, 0) is 56.6 Å². The third-order valence-corrected chi connectivity index (χ3v) is 11.9. The lowest BCUT2D eigenvalue weighted by molar-refractivity contribution is 0.670. The first-order valence-corrected chi connectivity index (χ1v) is 19.2. The van der Waals surface area contributed by atoms with Gasteiger partial charge in [-0.1, -0.05) is 182 Å². The Morgan fingerprint density at radius 2 is 0.839 bits per heavy atom. The smallest absolute Gasteiger partial charge is 0.160 e. The molecule has 0 fully saturated rings. The van der Waals surface area contributed by atoms with Crippen LogP contribution in [0.5, 0.6) is 0 Å². The SMILES string of the molecule is c1ccc(-c2cc(-c3ccccc3)nc(-c3cccc(-c4cccc5c4oc4c6c(ccc45)C4(c5ccccc5-c5ccccc54)c4ccccc4-6)c3)n2)cc1. The Hall–Kier alpha value is -7.36. The normalized spacial score (nSPS) is 13.1. The fourth-order valence-electron chi connectivity index (χ4n) is 9.57. The van der Waals surface area contributed by atoms with Gasteiger partial charge in [0.15, 0.2) is 5.82 Å². The third-order valence-electron chi connectivity index (χ3n) is 11.9. The van der Waals surface area contributed by atoms with Crippen LogP contribution in [0.1, 0.15) is 22.3 Å².